The van der Waals surface area contributed by atoms with Gasteiger partial charge in [-0.1, -0.05) is 41.6 Å². The molecule has 37 heavy (non-hydrogen) atoms. The van der Waals surface area contributed by atoms with Crippen LogP contribution in [0.3, 0.4) is 0 Å². The van der Waals surface area contributed by atoms with Crippen LogP contribution < -0.4 is 19.1 Å². The van der Waals surface area contributed by atoms with E-state index in [9.17, 15) is 14.7 Å². The number of ether oxygens (including phenoxy) is 3. The van der Waals surface area contributed by atoms with Crippen molar-refractivity contribution in [2.45, 2.75) is 13.0 Å². The topological polar surface area (TPSA) is 111 Å². The number of carbonyl (C=O) groups excluding carboxylic acids is 2. The van der Waals surface area contributed by atoms with Crippen molar-refractivity contribution in [3.8, 4) is 17.2 Å². The summed E-state index contributed by atoms with van der Waals surface area (Å²) in [5.41, 5.74) is 0.734. The van der Waals surface area contributed by atoms with Gasteiger partial charge in [-0.2, -0.15) is 0 Å². The number of nitrogens with zero attached hydrogens (tertiary/aromatic N) is 2. The molecule has 2 heterocycles. The van der Waals surface area contributed by atoms with E-state index in [0.717, 1.165) is 10.8 Å². The zero-order chi connectivity index (χ0) is 26.3. The number of rotatable bonds is 6. The van der Waals surface area contributed by atoms with E-state index in [2.05, 4.69) is 5.16 Å². The van der Waals surface area contributed by atoms with E-state index in [4.69, 9.17) is 18.7 Å². The Morgan fingerprint density at radius 3 is 2.19 bits per heavy atom. The standard InChI is InChI=1S/C28H24N2O7/c1-15-11-22(29-37-15)30-24(19-13-20(34-2)27(36-4)21(14-19)35-3)23(26(32)28(30)33)25(31)18-10-9-16-7-5-6-8-17(16)12-18/h5-14,24,31H,1-4H3/t24-/m0/s1. The van der Waals surface area contributed by atoms with Crippen LogP contribution in [0.2, 0.25) is 0 Å². The van der Waals surface area contributed by atoms with Crippen LogP contribution in [-0.2, 0) is 9.59 Å². The molecule has 0 aliphatic carbocycles. The summed E-state index contributed by atoms with van der Waals surface area (Å²) in [7, 11) is 4.41. The van der Waals surface area contributed by atoms with Crippen LogP contribution in [0.4, 0.5) is 5.82 Å². The second-order valence-electron chi connectivity index (χ2n) is 8.49. The fourth-order valence-electron chi connectivity index (χ4n) is 4.60. The van der Waals surface area contributed by atoms with E-state index in [0.29, 0.717) is 34.1 Å². The van der Waals surface area contributed by atoms with Gasteiger partial charge in [-0.05, 0) is 41.5 Å². The molecule has 1 aromatic heterocycles. The van der Waals surface area contributed by atoms with Crippen LogP contribution in [0.25, 0.3) is 16.5 Å². The molecule has 1 aliphatic rings. The number of hydrogen-bond donors (Lipinski definition) is 1. The third-order valence-electron chi connectivity index (χ3n) is 6.33. The monoisotopic (exact) mass is 500 g/mol. The van der Waals surface area contributed by atoms with Crippen molar-refractivity contribution in [2.24, 2.45) is 0 Å². The predicted molar refractivity (Wildman–Crippen MR) is 136 cm³/mol. The second-order valence-corrected chi connectivity index (χ2v) is 8.49. The van der Waals surface area contributed by atoms with Gasteiger partial charge in [-0.25, -0.2) is 0 Å². The van der Waals surface area contributed by atoms with E-state index in [1.807, 2.05) is 30.3 Å². The maximum absolute atomic E-state index is 13.4. The lowest BCUT2D eigenvalue weighted by Gasteiger charge is -2.24. The van der Waals surface area contributed by atoms with E-state index >= 15 is 0 Å². The molecule has 9 nitrogen and oxygen atoms in total. The number of hydrogen-bond acceptors (Lipinski definition) is 8. The van der Waals surface area contributed by atoms with E-state index < -0.39 is 17.7 Å². The number of carbonyl (C=O) groups is 2. The fourth-order valence-corrected chi connectivity index (χ4v) is 4.60. The first kappa shape index (κ1) is 23.9. The molecule has 188 valence electrons. The Labute approximate surface area is 212 Å². The van der Waals surface area contributed by atoms with Crippen molar-refractivity contribution >= 4 is 34.0 Å². The second kappa shape index (κ2) is 9.34. The van der Waals surface area contributed by atoms with Crippen molar-refractivity contribution in [1.82, 2.24) is 5.16 Å². The summed E-state index contributed by atoms with van der Waals surface area (Å²) in [6.07, 6.45) is 0. The molecule has 3 aromatic carbocycles. The highest BCUT2D eigenvalue weighted by Gasteiger charge is 2.48. The van der Waals surface area contributed by atoms with Gasteiger partial charge >= 0.3 is 5.91 Å². The molecule has 4 aromatic rings. The number of methoxy groups -OCH3 is 3. The Morgan fingerprint density at radius 1 is 0.919 bits per heavy atom. The third kappa shape index (κ3) is 3.94. The quantitative estimate of drug-likeness (QED) is 0.229. The summed E-state index contributed by atoms with van der Waals surface area (Å²) in [5.74, 6) is -0.442. The maximum atomic E-state index is 13.4. The van der Waals surface area contributed by atoms with Crippen molar-refractivity contribution in [3.05, 3.63) is 83.1 Å². The van der Waals surface area contributed by atoms with Crippen LogP contribution in [0.5, 0.6) is 17.2 Å². The van der Waals surface area contributed by atoms with Gasteiger partial charge in [0.15, 0.2) is 17.3 Å². The summed E-state index contributed by atoms with van der Waals surface area (Å²) in [6, 6.07) is 16.7. The van der Waals surface area contributed by atoms with Crippen LogP contribution in [0.1, 0.15) is 22.9 Å². The lowest BCUT2D eigenvalue weighted by Crippen LogP contribution is -2.29. The Hall–Kier alpha value is -4.79. The van der Waals surface area contributed by atoms with E-state index in [1.165, 1.54) is 26.2 Å². The Balaban J connectivity index is 1.77. The number of amides is 1. The molecule has 0 radical (unpaired) electrons. The van der Waals surface area contributed by atoms with Gasteiger partial charge in [0.05, 0.1) is 32.9 Å². The molecule has 1 fully saturated rings. The summed E-state index contributed by atoms with van der Waals surface area (Å²) in [4.78, 5) is 28.0. The number of ketones is 1. The zero-order valence-corrected chi connectivity index (χ0v) is 20.6. The zero-order valence-electron chi connectivity index (χ0n) is 20.6. The normalized spacial score (nSPS) is 16.9. The fraction of sp³-hybridized carbons (Fsp3) is 0.179. The van der Waals surface area contributed by atoms with Crippen LogP contribution >= 0.6 is 0 Å². The van der Waals surface area contributed by atoms with Crippen molar-refractivity contribution in [2.75, 3.05) is 26.2 Å². The summed E-state index contributed by atoms with van der Waals surface area (Å²) in [6.45, 7) is 1.68. The Morgan fingerprint density at radius 2 is 1.59 bits per heavy atom. The highest BCUT2D eigenvalue weighted by atomic mass is 16.5. The maximum Gasteiger partial charge on any atom is 0.301 e. The summed E-state index contributed by atoms with van der Waals surface area (Å²) in [5, 5.41) is 17.3. The number of aliphatic hydroxyl groups excluding tert-OH is 1. The molecular weight excluding hydrogens is 476 g/mol. The van der Waals surface area contributed by atoms with Gasteiger partial charge in [0.2, 0.25) is 5.75 Å². The molecule has 0 unspecified atom stereocenters. The summed E-state index contributed by atoms with van der Waals surface area (Å²) >= 11 is 0. The molecule has 5 rings (SSSR count). The number of Topliss-reactive ketones (excluding diaryl/α,β-unsaturated/α-hetero) is 1. The SMILES string of the molecule is COc1cc([C@H]2C(=C(O)c3ccc4ccccc4c3)C(=O)C(=O)N2c2cc(C)on2)cc(OC)c1OC. The van der Waals surface area contributed by atoms with Gasteiger partial charge in [0.25, 0.3) is 5.78 Å². The van der Waals surface area contributed by atoms with E-state index in [-0.39, 0.29) is 17.2 Å². The Kier molecular flexibility index (Phi) is 6.04. The van der Waals surface area contributed by atoms with Crippen molar-refractivity contribution < 1.29 is 33.4 Å². The Bertz CT molecular complexity index is 1540. The number of aryl methyl sites for hydroxylation is 1. The molecule has 1 atom stereocenters. The van der Waals surface area contributed by atoms with Crippen LogP contribution in [0, 0.1) is 6.92 Å². The average Bonchev–Trinajstić information content (AvgIpc) is 3.46. The highest BCUT2D eigenvalue weighted by molar-refractivity contribution is 6.51. The molecule has 1 N–H and O–H groups in total. The van der Waals surface area contributed by atoms with Gasteiger partial charge in [-0.3, -0.25) is 14.5 Å². The molecule has 9 heteroatoms. The average molecular weight is 501 g/mol. The van der Waals surface area contributed by atoms with Gasteiger partial charge in [0, 0.05) is 11.6 Å². The number of fused-ring (bicyclic) bond motifs is 1. The molecule has 0 bridgehead atoms. The first-order chi connectivity index (χ1) is 17.9. The summed E-state index contributed by atoms with van der Waals surface area (Å²) < 4.78 is 21.6. The first-order valence-electron chi connectivity index (χ1n) is 11.4. The number of aliphatic hydroxyl groups is 1. The number of benzene rings is 3. The van der Waals surface area contributed by atoms with Gasteiger partial charge < -0.3 is 23.8 Å². The molecule has 1 aliphatic heterocycles. The smallest absolute Gasteiger partial charge is 0.301 e. The van der Waals surface area contributed by atoms with E-state index in [1.54, 1.807) is 37.3 Å². The molecular formula is C28H24N2O7. The van der Waals surface area contributed by atoms with Crippen molar-refractivity contribution in [1.29, 1.82) is 0 Å². The minimum Gasteiger partial charge on any atom is -0.507 e. The molecule has 1 amide bonds. The minimum absolute atomic E-state index is 0.102. The third-order valence-corrected chi connectivity index (χ3v) is 6.33. The van der Waals surface area contributed by atoms with Crippen LogP contribution in [-0.4, -0.2) is 43.3 Å². The van der Waals surface area contributed by atoms with Gasteiger partial charge in [-0.15, -0.1) is 0 Å². The lowest BCUT2D eigenvalue weighted by atomic mass is 9.94. The van der Waals surface area contributed by atoms with Gasteiger partial charge in [0.1, 0.15) is 11.5 Å². The van der Waals surface area contributed by atoms with Crippen molar-refractivity contribution in [3.63, 3.8) is 0 Å². The minimum atomic E-state index is -1.05. The largest absolute Gasteiger partial charge is 0.507 e. The number of aromatic nitrogens is 1. The number of anilines is 1. The lowest BCUT2D eigenvalue weighted by molar-refractivity contribution is -0.132. The molecule has 1 saturated heterocycles. The first-order valence-corrected chi connectivity index (χ1v) is 11.4. The van der Waals surface area contributed by atoms with Crippen LogP contribution in [0.15, 0.2) is 70.8 Å². The molecule has 0 saturated carbocycles. The highest BCUT2D eigenvalue weighted by Crippen LogP contribution is 2.47. The molecule has 0 spiro atoms. The predicted octanol–water partition coefficient (Wildman–Crippen LogP) is 4.79.